The topological polar surface area (TPSA) is 87.7 Å². The molecule has 0 radical (unpaired) electrons. The number of nitrogens with zero attached hydrogens (tertiary/aromatic N) is 2. The molecule has 0 aliphatic heterocycles. The summed E-state index contributed by atoms with van der Waals surface area (Å²) < 4.78 is 26.6. The lowest BCUT2D eigenvalue weighted by molar-refractivity contribution is 0.0946. The predicted molar refractivity (Wildman–Crippen MR) is 86.4 cm³/mol. The fourth-order valence-corrected chi connectivity index (χ4v) is 2.79. The van der Waals surface area contributed by atoms with Gasteiger partial charge >= 0.3 is 0 Å². The van der Waals surface area contributed by atoms with Crippen molar-refractivity contribution in [2.75, 3.05) is 0 Å². The lowest BCUT2D eigenvalue weighted by Crippen LogP contribution is -2.23. The second kappa shape index (κ2) is 6.89. The minimum atomic E-state index is -0.955. The summed E-state index contributed by atoms with van der Waals surface area (Å²) in [6.45, 7) is 2.01. The fourth-order valence-electron chi connectivity index (χ4n) is 2.15. The van der Waals surface area contributed by atoms with Gasteiger partial charge in [0.05, 0.1) is 12.1 Å². The highest BCUT2D eigenvalue weighted by Crippen LogP contribution is 2.16. The minimum Gasteiger partial charge on any atom is -0.356 e. The van der Waals surface area contributed by atoms with Crippen molar-refractivity contribution in [2.24, 2.45) is 0 Å². The van der Waals surface area contributed by atoms with E-state index in [0.717, 1.165) is 17.1 Å². The number of carbonyl (C=O) groups is 2. The number of ketones is 1. The van der Waals surface area contributed by atoms with E-state index in [4.69, 9.17) is 0 Å². The van der Waals surface area contributed by atoms with Crippen LogP contribution in [0.2, 0.25) is 0 Å². The van der Waals surface area contributed by atoms with Crippen molar-refractivity contribution in [3.63, 3.8) is 0 Å². The maximum atomic E-state index is 13.7. The molecule has 0 aliphatic rings. The first-order valence-electron chi connectivity index (χ1n) is 7.19. The van der Waals surface area contributed by atoms with Gasteiger partial charge in [0.2, 0.25) is 0 Å². The normalized spacial score (nSPS) is 10.7. The number of rotatable bonds is 5. The molecule has 0 saturated heterocycles. The van der Waals surface area contributed by atoms with E-state index in [1.165, 1.54) is 23.6 Å². The molecule has 3 aromatic rings. The van der Waals surface area contributed by atoms with Crippen molar-refractivity contribution in [3.8, 4) is 0 Å². The van der Waals surface area contributed by atoms with Crippen LogP contribution in [0.3, 0.4) is 0 Å². The summed E-state index contributed by atoms with van der Waals surface area (Å²) in [5.74, 6) is -2.81. The van der Waals surface area contributed by atoms with Gasteiger partial charge in [-0.15, -0.1) is 10.2 Å². The number of halogens is 2. The van der Waals surface area contributed by atoms with Crippen LogP contribution < -0.4 is 5.32 Å². The van der Waals surface area contributed by atoms with E-state index in [-0.39, 0.29) is 23.4 Å². The third-order valence-electron chi connectivity index (χ3n) is 3.33. The lowest BCUT2D eigenvalue weighted by atomic mass is 10.1. The number of amides is 1. The summed E-state index contributed by atoms with van der Waals surface area (Å²) in [6.07, 6.45) is 1.30. The lowest BCUT2D eigenvalue weighted by Gasteiger charge is -2.01. The molecule has 0 saturated carbocycles. The number of nitrogens with one attached hydrogen (secondary N) is 2. The third-order valence-corrected chi connectivity index (χ3v) is 4.17. The molecular weight excluding hydrogens is 350 g/mol. The Morgan fingerprint density at radius 2 is 2.04 bits per heavy atom. The SMILES string of the molecule is Cc1nnc(CNC(=O)c2cc(C(=O)c3ccc(F)cc3F)c[nH]2)s1. The first-order valence-corrected chi connectivity index (χ1v) is 8.01. The summed E-state index contributed by atoms with van der Waals surface area (Å²) in [7, 11) is 0. The van der Waals surface area contributed by atoms with Crippen LogP contribution in [-0.4, -0.2) is 26.9 Å². The molecule has 128 valence electrons. The van der Waals surface area contributed by atoms with Crippen molar-refractivity contribution in [1.29, 1.82) is 0 Å². The van der Waals surface area contributed by atoms with Gasteiger partial charge in [-0.25, -0.2) is 8.78 Å². The molecule has 9 heteroatoms. The summed E-state index contributed by atoms with van der Waals surface area (Å²) in [5.41, 5.74) is -0.0220. The van der Waals surface area contributed by atoms with Crippen molar-refractivity contribution in [2.45, 2.75) is 13.5 Å². The van der Waals surface area contributed by atoms with Crippen LogP contribution in [0.4, 0.5) is 8.78 Å². The van der Waals surface area contributed by atoms with E-state index in [1.54, 1.807) is 6.92 Å². The Labute approximate surface area is 144 Å². The van der Waals surface area contributed by atoms with Gasteiger partial charge in [0, 0.05) is 17.8 Å². The van der Waals surface area contributed by atoms with E-state index in [2.05, 4.69) is 20.5 Å². The highest BCUT2D eigenvalue weighted by molar-refractivity contribution is 7.11. The maximum absolute atomic E-state index is 13.7. The van der Waals surface area contributed by atoms with Gasteiger partial charge in [-0.05, 0) is 25.1 Å². The number of aromatic nitrogens is 3. The highest BCUT2D eigenvalue weighted by Gasteiger charge is 2.18. The molecule has 1 aromatic carbocycles. The van der Waals surface area contributed by atoms with Gasteiger partial charge in [-0.1, -0.05) is 11.3 Å². The highest BCUT2D eigenvalue weighted by atomic mass is 32.1. The van der Waals surface area contributed by atoms with Crippen LogP contribution in [0, 0.1) is 18.6 Å². The van der Waals surface area contributed by atoms with Gasteiger partial charge in [0.1, 0.15) is 27.3 Å². The molecule has 0 atom stereocenters. The number of aryl methyl sites for hydroxylation is 1. The average molecular weight is 362 g/mol. The minimum absolute atomic E-state index is 0.0995. The molecule has 25 heavy (non-hydrogen) atoms. The Morgan fingerprint density at radius 3 is 2.72 bits per heavy atom. The number of benzene rings is 1. The Bertz CT molecular complexity index is 951. The molecule has 0 fully saturated rings. The van der Waals surface area contributed by atoms with Crippen LogP contribution in [-0.2, 0) is 6.54 Å². The molecule has 0 aliphatic carbocycles. The number of hydrogen-bond acceptors (Lipinski definition) is 5. The molecule has 1 amide bonds. The van der Waals surface area contributed by atoms with Crippen LogP contribution in [0.5, 0.6) is 0 Å². The van der Waals surface area contributed by atoms with Crippen molar-refractivity contribution in [1.82, 2.24) is 20.5 Å². The van der Waals surface area contributed by atoms with Crippen molar-refractivity contribution >= 4 is 23.0 Å². The summed E-state index contributed by atoms with van der Waals surface area (Å²) in [4.78, 5) is 27.0. The van der Waals surface area contributed by atoms with E-state index >= 15 is 0 Å². The van der Waals surface area contributed by atoms with Crippen molar-refractivity contribution in [3.05, 3.63) is 68.9 Å². The van der Waals surface area contributed by atoms with E-state index in [0.29, 0.717) is 11.1 Å². The first kappa shape index (κ1) is 16.9. The van der Waals surface area contributed by atoms with E-state index < -0.39 is 23.3 Å². The second-order valence-corrected chi connectivity index (χ2v) is 6.42. The molecular formula is C16H12F2N4O2S. The second-order valence-electron chi connectivity index (χ2n) is 5.15. The molecule has 2 aromatic heterocycles. The first-order chi connectivity index (χ1) is 11.9. The number of H-pyrrole nitrogens is 1. The molecule has 3 rings (SSSR count). The van der Waals surface area contributed by atoms with Gasteiger partial charge in [0.25, 0.3) is 5.91 Å². The largest absolute Gasteiger partial charge is 0.356 e. The Hall–Kier alpha value is -2.94. The van der Waals surface area contributed by atoms with E-state index in [1.807, 2.05) is 0 Å². The Kier molecular flexibility index (Phi) is 4.66. The molecule has 6 nitrogen and oxygen atoms in total. The quantitative estimate of drug-likeness (QED) is 0.683. The zero-order valence-corrected chi connectivity index (χ0v) is 13.8. The molecule has 0 bridgehead atoms. The Balaban J connectivity index is 1.70. The predicted octanol–water partition coefficient (Wildman–Crippen LogP) is 2.61. The fraction of sp³-hybridized carbons (Fsp3) is 0.125. The van der Waals surface area contributed by atoms with Crippen LogP contribution in [0.25, 0.3) is 0 Å². The van der Waals surface area contributed by atoms with Crippen molar-refractivity contribution < 1.29 is 18.4 Å². The zero-order valence-electron chi connectivity index (χ0n) is 13.0. The molecule has 0 unspecified atom stereocenters. The maximum Gasteiger partial charge on any atom is 0.268 e. The van der Waals surface area contributed by atoms with Gasteiger partial charge in [0.15, 0.2) is 5.78 Å². The summed E-state index contributed by atoms with van der Waals surface area (Å²) in [5, 5.41) is 11.8. The molecule has 0 spiro atoms. The molecule has 2 N–H and O–H groups in total. The number of hydrogen-bond donors (Lipinski definition) is 2. The number of aromatic amines is 1. The van der Waals surface area contributed by atoms with E-state index in [9.17, 15) is 18.4 Å². The van der Waals surface area contributed by atoms with Gasteiger partial charge < -0.3 is 10.3 Å². The van der Waals surface area contributed by atoms with Gasteiger partial charge in [-0.2, -0.15) is 0 Å². The summed E-state index contributed by atoms with van der Waals surface area (Å²) in [6, 6.07) is 4.02. The smallest absolute Gasteiger partial charge is 0.268 e. The standard InChI is InChI=1S/C16H12F2N4O2S/c1-8-21-22-14(25-8)7-20-16(24)13-4-9(6-19-13)15(23)11-3-2-10(17)5-12(11)18/h2-6,19H,7H2,1H3,(H,20,24). The summed E-state index contributed by atoms with van der Waals surface area (Å²) >= 11 is 1.36. The number of carbonyl (C=O) groups excluding carboxylic acids is 2. The van der Waals surface area contributed by atoms with Gasteiger partial charge in [-0.3, -0.25) is 9.59 Å². The van der Waals surface area contributed by atoms with Crippen LogP contribution in [0.15, 0.2) is 30.5 Å². The van der Waals surface area contributed by atoms with Crippen LogP contribution >= 0.6 is 11.3 Å². The molecule has 2 heterocycles. The Morgan fingerprint density at radius 1 is 1.24 bits per heavy atom. The third kappa shape index (κ3) is 3.77. The van der Waals surface area contributed by atoms with Crippen LogP contribution in [0.1, 0.15) is 36.4 Å². The zero-order chi connectivity index (χ0) is 18.0. The average Bonchev–Trinajstić information content (AvgIpc) is 3.21. The monoisotopic (exact) mass is 362 g/mol.